The molecule has 0 fully saturated rings. The molecule has 1 N–H and O–H groups in total. The number of unbranched alkanes of at least 4 members (excludes halogenated alkanes) is 2. The molecule has 0 bridgehead atoms. The largest absolute Gasteiger partial charge is 0.493 e. The van der Waals surface area contributed by atoms with E-state index in [9.17, 15) is 4.79 Å². The standard InChI is InChI=1S/C19H22N4O3S/c1-3-4-5-6-18-22-23-19(27-18)21-17(24)10-8-14-7-9-15(26-12-11-20)16(13-14)25-2/h7-10,13H,3-6,12H2,1-2H3,(H,21,23,24)/b10-8+. The number of methoxy groups -OCH3 is 1. The highest BCUT2D eigenvalue weighted by atomic mass is 32.1. The van der Waals surface area contributed by atoms with Crippen LogP contribution in [-0.4, -0.2) is 29.8 Å². The molecule has 0 atom stereocenters. The van der Waals surface area contributed by atoms with Gasteiger partial charge in [0.15, 0.2) is 18.1 Å². The van der Waals surface area contributed by atoms with Crippen LogP contribution in [0, 0.1) is 11.3 Å². The summed E-state index contributed by atoms with van der Waals surface area (Å²) < 4.78 is 10.5. The van der Waals surface area contributed by atoms with Gasteiger partial charge in [-0.1, -0.05) is 37.2 Å². The van der Waals surface area contributed by atoms with Gasteiger partial charge in [0.05, 0.1) is 7.11 Å². The van der Waals surface area contributed by atoms with Crippen LogP contribution in [0.25, 0.3) is 6.08 Å². The Morgan fingerprint density at radius 2 is 2.19 bits per heavy atom. The van der Waals surface area contributed by atoms with Crippen LogP contribution in [0.2, 0.25) is 0 Å². The topological polar surface area (TPSA) is 97.1 Å². The van der Waals surface area contributed by atoms with Crippen LogP contribution < -0.4 is 14.8 Å². The van der Waals surface area contributed by atoms with Crippen molar-refractivity contribution in [3.05, 3.63) is 34.8 Å². The Morgan fingerprint density at radius 3 is 2.93 bits per heavy atom. The van der Waals surface area contributed by atoms with Crippen molar-refractivity contribution in [1.29, 1.82) is 5.26 Å². The molecule has 0 aliphatic rings. The Morgan fingerprint density at radius 1 is 1.33 bits per heavy atom. The molecule has 2 rings (SSSR count). The molecule has 0 radical (unpaired) electrons. The summed E-state index contributed by atoms with van der Waals surface area (Å²) in [6, 6.07) is 7.10. The van der Waals surface area contributed by atoms with Gasteiger partial charge in [0, 0.05) is 12.5 Å². The van der Waals surface area contributed by atoms with Gasteiger partial charge < -0.3 is 9.47 Å². The third-order valence-electron chi connectivity index (χ3n) is 3.60. The van der Waals surface area contributed by atoms with Crippen molar-refractivity contribution in [2.24, 2.45) is 0 Å². The van der Waals surface area contributed by atoms with Crippen molar-refractivity contribution < 1.29 is 14.3 Å². The lowest BCUT2D eigenvalue weighted by molar-refractivity contribution is -0.111. The van der Waals surface area contributed by atoms with Crippen molar-refractivity contribution in [2.45, 2.75) is 32.6 Å². The summed E-state index contributed by atoms with van der Waals surface area (Å²) in [5.41, 5.74) is 0.767. The van der Waals surface area contributed by atoms with Crippen LogP contribution in [-0.2, 0) is 11.2 Å². The molecule has 8 heteroatoms. The van der Waals surface area contributed by atoms with Crippen LogP contribution in [0.3, 0.4) is 0 Å². The number of benzene rings is 1. The first kappa shape index (κ1) is 20.4. The molecule has 0 aliphatic heterocycles. The van der Waals surface area contributed by atoms with Crippen LogP contribution in [0.5, 0.6) is 11.5 Å². The molecule has 1 amide bonds. The number of nitrogens with one attached hydrogen (secondary N) is 1. The predicted molar refractivity (Wildman–Crippen MR) is 105 cm³/mol. The van der Waals surface area contributed by atoms with Crippen molar-refractivity contribution in [3.8, 4) is 17.6 Å². The molecule has 1 heterocycles. The number of nitriles is 1. The number of nitrogens with zero attached hydrogens (tertiary/aromatic N) is 3. The first-order valence-corrected chi connectivity index (χ1v) is 9.47. The molecular formula is C19H22N4O3S. The van der Waals surface area contributed by atoms with Gasteiger partial charge in [-0.3, -0.25) is 10.1 Å². The number of aryl methyl sites for hydroxylation is 1. The van der Waals surface area contributed by atoms with Gasteiger partial charge in [-0.25, -0.2) is 0 Å². The average Bonchev–Trinajstić information content (AvgIpc) is 3.12. The highest BCUT2D eigenvalue weighted by molar-refractivity contribution is 7.15. The maximum Gasteiger partial charge on any atom is 0.250 e. The van der Waals surface area contributed by atoms with Crippen molar-refractivity contribution in [1.82, 2.24) is 10.2 Å². The summed E-state index contributed by atoms with van der Waals surface area (Å²) >= 11 is 1.40. The number of carbonyl (C=O) groups is 1. The Kier molecular flexibility index (Phi) is 8.26. The summed E-state index contributed by atoms with van der Waals surface area (Å²) in [7, 11) is 1.52. The van der Waals surface area contributed by atoms with Crippen LogP contribution in [0.1, 0.15) is 36.8 Å². The van der Waals surface area contributed by atoms with Gasteiger partial charge in [-0.05, 0) is 30.2 Å². The van der Waals surface area contributed by atoms with E-state index in [1.165, 1.54) is 24.5 Å². The maximum atomic E-state index is 12.1. The number of rotatable bonds is 10. The lowest BCUT2D eigenvalue weighted by atomic mass is 10.2. The molecule has 142 valence electrons. The molecular weight excluding hydrogens is 364 g/mol. The fourth-order valence-corrected chi connectivity index (χ4v) is 3.05. The summed E-state index contributed by atoms with van der Waals surface area (Å²) in [6.07, 6.45) is 7.36. The van der Waals surface area contributed by atoms with E-state index in [4.69, 9.17) is 14.7 Å². The van der Waals surface area contributed by atoms with E-state index < -0.39 is 0 Å². The van der Waals surface area contributed by atoms with Gasteiger partial charge >= 0.3 is 0 Å². The minimum atomic E-state index is -0.282. The Labute approximate surface area is 162 Å². The minimum absolute atomic E-state index is 0.0593. The number of anilines is 1. The third kappa shape index (κ3) is 6.72. The number of carbonyl (C=O) groups excluding carboxylic acids is 1. The lowest BCUT2D eigenvalue weighted by Gasteiger charge is -2.08. The maximum absolute atomic E-state index is 12.1. The molecule has 0 saturated carbocycles. The summed E-state index contributed by atoms with van der Waals surface area (Å²) in [6.45, 7) is 2.09. The molecule has 0 spiro atoms. The van der Waals surface area contributed by atoms with E-state index in [0.717, 1.165) is 36.3 Å². The predicted octanol–water partition coefficient (Wildman–Crippen LogP) is 3.83. The van der Waals surface area contributed by atoms with Gasteiger partial charge in [-0.2, -0.15) is 5.26 Å². The van der Waals surface area contributed by atoms with E-state index in [1.54, 1.807) is 24.3 Å². The van der Waals surface area contributed by atoms with Crippen LogP contribution in [0.15, 0.2) is 24.3 Å². The first-order chi connectivity index (χ1) is 13.2. The van der Waals surface area contributed by atoms with Crippen molar-refractivity contribution >= 4 is 28.5 Å². The van der Waals surface area contributed by atoms with Crippen molar-refractivity contribution in [3.63, 3.8) is 0 Å². The average molecular weight is 386 g/mol. The molecule has 0 aliphatic carbocycles. The van der Waals surface area contributed by atoms with E-state index in [1.807, 2.05) is 6.07 Å². The summed E-state index contributed by atoms with van der Waals surface area (Å²) in [5, 5.41) is 20.8. The number of aromatic nitrogens is 2. The van der Waals surface area contributed by atoms with Gasteiger partial charge in [-0.15, -0.1) is 10.2 Å². The second-order valence-electron chi connectivity index (χ2n) is 5.64. The van der Waals surface area contributed by atoms with Crippen LogP contribution >= 0.6 is 11.3 Å². The Bertz CT molecular complexity index is 827. The first-order valence-electron chi connectivity index (χ1n) is 8.65. The number of ether oxygens (including phenoxy) is 2. The Balaban J connectivity index is 1.93. The molecule has 27 heavy (non-hydrogen) atoms. The fraction of sp³-hybridized carbons (Fsp3) is 0.368. The quantitative estimate of drug-likeness (QED) is 0.492. The summed E-state index contributed by atoms with van der Waals surface area (Å²) in [5.74, 6) is 0.689. The Hall–Kier alpha value is -2.92. The second kappa shape index (κ2) is 10.9. The van der Waals surface area contributed by atoms with Gasteiger partial charge in [0.2, 0.25) is 11.0 Å². The van der Waals surface area contributed by atoms with Crippen molar-refractivity contribution in [2.75, 3.05) is 19.0 Å². The van der Waals surface area contributed by atoms with Gasteiger partial charge in [0.25, 0.3) is 0 Å². The monoisotopic (exact) mass is 386 g/mol. The molecule has 1 aromatic carbocycles. The van der Waals surface area contributed by atoms with E-state index in [-0.39, 0.29) is 12.5 Å². The fourth-order valence-electron chi connectivity index (χ4n) is 2.27. The third-order valence-corrected chi connectivity index (χ3v) is 4.50. The zero-order valence-electron chi connectivity index (χ0n) is 15.4. The van der Waals surface area contributed by atoms with E-state index in [2.05, 4.69) is 22.4 Å². The zero-order valence-corrected chi connectivity index (χ0v) is 16.2. The molecule has 0 unspecified atom stereocenters. The molecule has 7 nitrogen and oxygen atoms in total. The summed E-state index contributed by atoms with van der Waals surface area (Å²) in [4.78, 5) is 12.1. The normalized spacial score (nSPS) is 10.6. The SMILES string of the molecule is CCCCCc1nnc(NC(=O)/C=C/c2ccc(OCC#N)c(OC)c2)s1. The second-order valence-corrected chi connectivity index (χ2v) is 6.70. The molecule has 2 aromatic rings. The minimum Gasteiger partial charge on any atom is -0.493 e. The smallest absolute Gasteiger partial charge is 0.250 e. The molecule has 1 aromatic heterocycles. The van der Waals surface area contributed by atoms with Gasteiger partial charge in [0.1, 0.15) is 11.1 Å². The zero-order chi connectivity index (χ0) is 19.5. The lowest BCUT2D eigenvalue weighted by Crippen LogP contribution is -2.07. The van der Waals surface area contributed by atoms with Crippen LogP contribution in [0.4, 0.5) is 5.13 Å². The highest BCUT2D eigenvalue weighted by Crippen LogP contribution is 2.28. The van der Waals surface area contributed by atoms with E-state index >= 15 is 0 Å². The number of amides is 1. The molecule has 0 saturated heterocycles. The number of hydrogen-bond acceptors (Lipinski definition) is 7. The highest BCUT2D eigenvalue weighted by Gasteiger charge is 2.07. The van der Waals surface area contributed by atoms with E-state index in [0.29, 0.717) is 16.6 Å². The number of hydrogen-bond donors (Lipinski definition) is 1.